The van der Waals surface area contributed by atoms with Gasteiger partial charge in [0, 0.05) is 6.42 Å². The molecule has 7 nitrogen and oxygen atoms in total. The van der Waals surface area contributed by atoms with Crippen LogP contribution in [0.2, 0.25) is 0 Å². The number of rotatable bonds is 11. The Morgan fingerprint density at radius 2 is 1.19 bits per heavy atom. The Labute approximate surface area is 218 Å². The number of benzene rings is 3. The SMILES string of the molecule is CC(COC(=O)c1ccccc1)OCC(C)OC(=O)c1ccccc1.CCCC(=O)Oc1ccccc1. The lowest BCUT2D eigenvalue weighted by Crippen LogP contribution is -2.26. The molecule has 196 valence electrons. The molecule has 0 saturated heterocycles. The summed E-state index contributed by atoms with van der Waals surface area (Å²) in [5, 5.41) is 0. The molecule has 0 aliphatic heterocycles. The summed E-state index contributed by atoms with van der Waals surface area (Å²) in [6.45, 7) is 5.86. The van der Waals surface area contributed by atoms with E-state index in [0.29, 0.717) is 23.3 Å². The van der Waals surface area contributed by atoms with Crippen molar-refractivity contribution in [2.45, 2.75) is 45.8 Å². The van der Waals surface area contributed by atoms with Gasteiger partial charge in [-0.05, 0) is 56.7 Å². The van der Waals surface area contributed by atoms with Crippen LogP contribution in [0.3, 0.4) is 0 Å². The molecule has 3 rings (SSSR count). The Kier molecular flexibility index (Phi) is 13.2. The van der Waals surface area contributed by atoms with E-state index in [-0.39, 0.29) is 37.2 Å². The van der Waals surface area contributed by atoms with E-state index in [1.165, 1.54) is 0 Å². The van der Waals surface area contributed by atoms with E-state index in [9.17, 15) is 14.4 Å². The summed E-state index contributed by atoms with van der Waals surface area (Å²) in [6, 6.07) is 26.7. The minimum absolute atomic E-state index is 0.132. The van der Waals surface area contributed by atoms with Crippen LogP contribution in [-0.4, -0.2) is 43.3 Å². The van der Waals surface area contributed by atoms with Crippen molar-refractivity contribution in [2.75, 3.05) is 13.2 Å². The maximum atomic E-state index is 11.9. The van der Waals surface area contributed by atoms with Crippen LogP contribution in [0.5, 0.6) is 5.75 Å². The Bertz CT molecular complexity index is 1070. The second kappa shape index (κ2) is 16.7. The Hall–Kier alpha value is -3.97. The predicted molar refractivity (Wildman–Crippen MR) is 140 cm³/mol. The molecule has 0 aliphatic rings. The molecule has 0 radical (unpaired) electrons. The molecule has 37 heavy (non-hydrogen) atoms. The van der Waals surface area contributed by atoms with Crippen LogP contribution in [0.4, 0.5) is 0 Å². The zero-order chi connectivity index (χ0) is 26.9. The summed E-state index contributed by atoms with van der Waals surface area (Å²) in [5.74, 6) is -0.320. The van der Waals surface area contributed by atoms with E-state index < -0.39 is 6.10 Å². The lowest BCUT2D eigenvalue weighted by molar-refractivity contribution is -0.134. The van der Waals surface area contributed by atoms with Crippen molar-refractivity contribution < 1.29 is 33.3 Å². The number of hydrogen-bond donors (Lipinski definition) is 0. The van der Waals surface area contributed by atoms with Gasteiger partial charge in [0.05, 0.1) is 23.8 Å². The van der Waals surface area contributed by atoms with Gasteiger partial charge in [-0.25, -0.2) is 9.59 Å². The predicted octanol–water partition coefficient (Wildman–Crippen LogP) is 5.89. The van der Waals surface area contributed by atoms with E-state index in [2.05, 4.69) is 0 Å². The number of carbonyl (C=O) groups is 3. The van der Waals surface area contributed by atoms with Gasteiger partial charge in [-0.15, -0.1) is 0 Å². The first-order valence-electron chi connectivity index (χ1n) is 12.2. The first kappa shape index (κ1) is 29.3. The normalized spacial score (nSPS) is 11.8. The fourth-order valence-electron chi connectivity index (χ4n) is 2.93. The largest absolute Gasteiger partial charge is 0.459 e. The highest BCUT2D eigenvalue weighted by atomic mass is 16.6. The van der Waals surface area contributed by atoms with Crippen molar-refractivity contribution in [3.8, 4) is 5.75 Å². The average molecular weight is 507 g/mol. The van der Waals surface area contributed by atoms with Crippen molar-refractivity contribution in [3.05, 3.63) is 102 Å². The summed E-state index contributed by atoms with van der Waals surface area (Å²) in [7, 11) is 0. The highest BCUT2D eigenvalue weighted by Gasteiger charge is 2.14. The first-order chi connectivity index (χ1) is 17.9. The number of esters is 3. The smallest absolute Gasteiger partial charge is 0.338 e. The molecule has 0 saturated carbocycles. The monoisotopic (exact) mass is 506 g/mol. The number of carbonyl (C=O) groups excluding carboxylic acids is 3. The van der Waals surface area contributed by atoms with Crippen LogP contribution in [-0.2, 0) is 19.0 Å². The van der Waals surface area contributed by atoms with Gasteiger partial charge >= 0.3 is 17.9 Å². The van der Waals surface area contributed by atoms with E-state index >= 15 is 0 Å². The average Bonchev–Trinajstić information content (AvgIpc) is 2.92. The fraction of sp³-hybridized carbons (Fsp3) is 0.300. The summed E-state index contributed by atoms with van der Waals surface area (Å²) >= 11 is 0. The lowest BCUT2D eigenvalue weighted by Gasteiger charge is -2.17. The molecular formula is C30H34O7. The van der Waals surface area contributed by atoms with Gasteiger partial charge in [0.2, 0.25) is 0 Å². The summed E-state index contributed by atoms with van der Waals surface area (Å²) < 4.78 is 21.1. The molecule has 2 unspecified atom stereocenters. The third-order valence-corrected chi connectivity index (χ3v) is 4.82. The first-order valence-corrected chi connectivity index (χ1v) is 12.2. The van der Waals surface area contributed by atoms with Crippen LogP contribution < -0.4 is 4.74 Å². The van der Waals surface area contributed by atoms with Crippen molar-refractivity contribution in [3.63, 3.8) is 0 Å². The maximum Gasteiger partial charge on any atom is 0.338 e. The van der Waals surface area contributed by atoms with Crippen LogP contribution >= 0.6 is 0 Å². The molecule has 0 bridgehead atoms. The molecule has 0 aromatic heterocycles. The second-order valence-electron chi connectivity index (χ2n) is 8.23. The van der Waals surface area contributed by atoms with Crippen LogP contribution in [0.15, 0.2) is 91.0 Å². The molecule has 0 N–H and O–H groups in total. The number of para-hydroxylation sites is 1. The third-order valence-electron chi connectivity index (χ3n) is 4.82. The summed E-state index contributed by atoms with van der Waals surface area (Å²) in [4.78, 5) is 34.8. The van der Waals surface area contributed by atoms with Gasteiger partial charge < -0.3 is 18.9 Å². The van der Waals surface area contributed by atoms with E-state index in [4.69, 9.17) is 18.9 Å². The Morgan fingerprint density at radius 1 is 0.676 bits per heavy atom. The molecule has 7 heteroatoms. The zero-order valence-electron chi connectivity index (χ0n) is 21.5. The fourth-order valence-corrected chi connectivity index (χ4v) is 2.93. The second-order valence-corrected chi connectivity index (χ2v) is 8.23. The number of ether oxygens (including phenoxy) is 4. The highest BCUT2D eigenvalue weighted by Crippen LogP contribution is 2.09. The molecule has 0 spiro atoms. The molecule has 3 aromatic carbocycles. The third kappa shape index (κ3) is 12.0. The van der Waals surface area contributed by atoms with Crippen molar-refractivity contribution >= 4 is 17.9 Å². The van der Waals surface area contributed by atoms with Gasteiger partial charge in [0.1, 0.15) is 18.5 Å². The standard InChI is InChI=1S/C20H22O5.C10H12O2/c1-15(13-24-19(21)17-9-5-3-6-10-17)23-14-16(2)25-20(22)18-11-7-4-8-12-18;1-2-6-10(11)12-9-7-4-3-5-8-9/h3-12,15-16H,13-14H2,1-2H3;3-5,7-8H,2,6H2,1H3. The molecule has 0 heterocycles. The summed E-state index contributed by atoms with van der Waals surface area (Å²) in [5.41, 5.74) is 0.999. The van der Waals surface area contributed by atoms with Crippen LogP contribution in [0.25, 0.3) is 0 Å². The van der Waals surface area contributed by atoms with E-state index in [0.717, 1.165) is 6.42 Å². The quantitative estimate of drug-likeness (QED) is 0.237. The molecule has 3 aromatic rings. The highest BCUT2D eigenvalue weighted by molar-refractivity contribution is 5.89. The van der Waals surface area contributed by atoms with Crippen molar-refractivity contribution in [1.82, 2.24) is 0 Å². The van der Waals surface area contributed by atoms with Crippen molar-refractivity contribution in [1.29, 1.82) is 0 Å². The maximum absolute atomic E-state index is 11.9. The molecular weight excluding hydrogens is 472 g/mol. The Morgan fingerprint density at radius 3 is 1.73 bits per heavy atom. The number of hydrogen-bond acceptors (Lipinski definition) is 7. The minimum atomic E-state index is -0.403. The van der Waals surface area contributed by atoms with E-state index in [1.807, 2.05) is 37.3 Å². The van der Waals surface area contributed by atoms with Gasteiger partial charge in [-0.3, -0.25) is 4.79 Å². The molecule has 2 atom stereocenters. The van der Waals surface area contributed by atoms with Gasteiger partial charge in [-0.2, -0.15) is 0 Å². The van der Waals surface area contributed by atoms with Crippen LogP contribution in [0.1, 0.15) is 54.3 Å². The van der Waals surface area contributed by atoms with Crippen LogP contribution in [0, 0.1) is 0 Å². The topological polar surface area (TPSA) is 88.1 Å². The lowest BCUT2D eigenvalue weighted by atomic mass is 10.2. The van der Waals surface area contributed by atoms with Gasteiger partial charge in [-0.1, -0.05) is 61.5 Å². The molecule has 0 aliphatic carbocycles. The minimum Gasteiger partial charge on any atom is -0.459 e. The van der Waals surface area contributed by atoms with E-state index in [1.54, 1.807) is 74.5 Å². The zero-order valence-corrected chi connectivity index (χ0v) is 21.5. The van der Waals surface area contributed by atoms with Gasteiger partial charge in [0.15, 0.2) is 0 Å². The van der Waals surface area contributed by atoms with Gasteiger partial charge in [0.25, 0.3) is 0 Å². The summed E-state index contributed by atoms with van der Waals surface area (Å²) in [6.07, 6.45) is 0.603. The Balaban J connectivity index is 0.000000335. The van der Waals surface area contributed by atoms with Crippen molar-refractivity contribution in [2.24, 2.45) is 0 Å². The molecule has 0 amide bonds. The molecule has 0 fully saturated rings.